The lowest BCUT2D eigenvalue weighted by Crippen LogP contribution is -2.02. The molecule has 4 heteroatoms. The fourth-order valence-corrected chi connectivity index (χ4v) is 2.29. The van der Waals surface area contributed by atoms with E-state index in [1.807, 2.05) is 18.2 Å². The second-order valence-corrected chi connectivity index (χ2v) is 5.04. The molecule has 0 saturated heterocycles. The molecule has 2 aromatic carbocycles. The molecule has 0 saturated carbocycles. The van der Waals surface area contributed by atoms with Crippen LogP contribution in [0.1, 0.15) is 16.7 Å². The lowest BCUT2D eigenvalue weighted by atomic mass is 10.1. The van der Waals surface area contributed by atoms with Gasteiger partial charge >= 0.3 is 0 Å². The monoisotopic (exact) mass is 285 g/mol. The zero-order valence-electron chi connectivity index (χ0n) is 11.9. The first-order valence-electron chi connectivity index (χ1n) is 7.09. The van der Waals surface area contributed by atoms with Gasteiger partial charge in [-0.3, -0.25) is 0 Å². The molecule has 3 rings (SSSR count). The van der Waals surface area contributed by atoms with Gasteiger partial charge < -0.3 is 19.9 Å². The van der Waals surface area contributed by atoms with Crippen molar-refractivity contribution in [2.24, 2.45) is 5.73 Å². The first kappa shape index (κ1) is 13.9. The Morgan fingerprint density at radius 2 is 1.52 bits per heavy atom. The van der Waals surface area contributed by atoms with Crippen molar-refractivity contribution in [1.82, 2.24) is 0 Å². The molecule has 1 aliphatic rings. The number of hydrogen-bond acceptors (Lipinski definition) is 4. The summed E-state index contributed by atoms with van der Waals surface area (Å²) in [6.07, 6.45) is 0.915. The van der Waals surface area contributed by atoms with Crippen LogP contribution < -0.4 is 15.2 Å². The largest absolute Gasteiger partial charge is 0.454 e. The summed E-state index contributed by atoms with van der Waals surface area (Å²) >= 11 is 0. The second kappa shape index (κ2) is 6.61. The van der Waals surface area contributed by atoms with Gasteiger partial charge in [0.2, 0.25) is 6.79 Å². The van der Waals surface area contributed by atoms with E-state index in [1.165, 1.54) is 5.56 Å². The van der Waals surface area contributed by atoms with Gasteiger partial charge in [-0.25, -0.2) is 0 Å². The van der Waals surface area contributed by atoms with Crippen LogP contribution in [0.2, 0.25) is 0 Å². The van der Waals surface area contributed by atoms with Gasteiger partial charge in [-0.15, -0.1) is 0 Å². The Hall–Kier alpha value is -2.04. The standard InChI is InChI=1S/C17H19NO3/c18-8-7-13-1-3-14(4-2-13)10-19-11-15-5-6-16-17(9-15)21-12-20-16/h1-6,9H,7-8,10-12,18H2. The van der Waals surface area contributed by atoms with E-state index >= 15 is 0 Å². The van der Waals surface area contributed by atoms with Crippen molar-refractivity contribution < 1.29 is 14.2 Å². The highest BCUT2D eigenvalue weighted by Gasteiger charge is 2.12. The lowest BCUT2D eigenvalue weighted by molar-refractivity contribution is 0.107. The third-order valence-corrected chi connectivity index (χ3v) is 3.43. The van der Waals surface area contributed by atoms with Crippen molar-refractivity contribution in [3.8, 4) is 11.5 Å². The molecule has 2 aromatic rings. The molecule has 1 heterocycles. The van der Waals surface area contributed by atoms with Crippen LogP contribution >= 0.6 is 0 Å². The topological polar surface area (TPSA) is 53.7 Å². The fraction of sp³-hybridized carbons (Fsp3) is 0.294. The fourth-order valence-electron chi connectivity index (χ4n) is 2.29. The molecule has 110 valence electrons. The van der Waals surface area contributed by atoms with Crippen LogP contribution in [0.25, 0.3) is 0 Å². The number of benzene rings is 2. The van der Waals surface area contributed by atoms with Crippen LogP contribution in [-0.4, -0.2) is 13.3 Å². The molecule has 0 bridgehead atoms. The average molecular weight is 285 g/mol. The molecule has 21 heavy (non-hydrogen) atoms. The maximum atomic E-state index is 5.74. The molecule has 2 N–H and O–H groups in total. The molecule has 0 aromatic heterocycles. The molecule has 1 aliphatic heterocycles. The third kappa shape index (κ3) is 3.54. The van der Waals surface area contributed by atoms with E-state index in [0.29, 0.717) is 26.6 Å². The van der Waals surface area contributed by atoms with Gasteiger partial charge in [0.15, 0.2) is 11.5 Å². The molecule has 0 atom stereocenters. The van der Waals surface area contributed by atoms with Crippen molar-refractivity contribution in [2.45, 2.75) is 19.6 Å². The second-order valence-electron chi connectivity index (χ2n) is 5.04. The maximum absolute atomic E-state index is 5.74. The van der Waals surface area contributed by atoms with Crippen molar-refractivity contribution in [3.05, 3.63) is 59.2 Å². The van der Waals surface area contributed by atoms with Crippen LogP contribution in [0, 0.1) is 0 Å². The number of fused-ring (bicyclic) bond motifs is 1. The minimum Gasteiger partial charge on any atom is -0.454 e. The Kier molecular flexibility index (Phi) is 4.38. The van der Waals surface area contributed by atoms with Gasteiger partial charge in [-0.2, -0.15) is 0 Å². The molecule has 0 amide bonds. The van der Waals surface area contributed by atoms with Crippen molar-refractivity contribution in [3.63, 3.8) is 0 Å². The molecular weight excluding hydrogens is 266 g/mol. The number of rotatable bonds is 6. The van der Waals surface area contributed by atoms with Gasteiger partial charge in [-0.1, -0.05) is 30.3 Å². The SMILES string of the molecule is NCCc1ccc(COCc2ccc3c(c2)OCO3)cc1. The molecule has 0 spiro atoms. The van der Waals surface area contributed by atoms with E-state index < -0.39 is 0 Å². The van der Waals surface area contributed by atoms with Gasteiger partial charge in [0.05, 0.1) is 13.2 Å². The summed E-state index contributed by atoms with van der Waals surface area (Å²) in [6.45, 7) is 2.13. The van der Waals surface area contributed by atoms with Gasteiger partial charge in [-0.05, 0) is 41.8 Å². The summed E-state index contributed by atoms with van der Waals surface area (Å²) in [5.74, 6) is 1.59. The predicted octanol–water partition coefficient (Wildman–Crippen LogP) is 2.63. The summed E-state index contributed by atoms with van der Waals surface area (Å²) in [5.41, 5.74) is 9.05. The Bertz CT molecular complexity index is 595. The van der Waals surface area contributed by atoms with Crippen LogP contribution in [0.5, 0.6) is 11.5 Å². The minimum absolute atomic E-state index is 0.300. The maximum Gasteiger partial charge on any atom is 0.231 e. The normalized spacial score (nSPS) is 12.6. The van der Waals surface area contributed by atoms with Crippen LogP contribution in [-0.2, 0) is 24.4 Å². The van der Waals surface area contributed by atoms with Crippen molar-refractivity contribution in [2.75, 3.05) is 13.3 Å². The summed E-state index contributed by atoms with van der Waals surface area (Å²) < 4.78 is 16.4. The lowest BCUT2D eigenvalue weighted by Gasteiger charge is -2.06. The quantitative estimate of drug-likeness (QED) is 0.886. The zero-order chi connectivity index (χ0) is 14.5. The Balaban J connectivity index is 1.51. The number of ether oxygens (including phenoxy) is 3. The summed E-state index contributed by atoms with van der Waals surface area (Å²) in [5, 5.41) is 0. The minimum atomic E-state index is 0.300. The first-order valence-corrected chi connectivity index (χ1v) is 7.09. The highest BCUT2D eigenvalue weighted by Crippen LogP contribution is 2.32. The van der Waals surface area contributed by atoms with Gasteiger partial charge in [0.1, 0.15) is 0 Å². The van der Waals surface area contributed by atoms with E-state index in [4.69, 9.17) is 19.9 Å². The Morgan fingerprint density at radius 3 is 2.33 bits per heavy atom. The van der Waals surface area contributed by atoms with Gasteiger partial charge in [0.25, 0.3) is 0 Å². The molecule has 0 fully saturated rings. The zero-order valence-corrected chi connectivity index (χ0v) is 11.9. The Morgan fingerprint density at radius 1 is 0.857 bits per heavy atom. The highest BCUT2D eigenvalue weighted by molar-refractivity contribution is 5.44. The smallest absolute Gasteiger partial charge is 0.231 e. The summed E-state index contributed by atoms with van der Waals surface area (Å²) in [6, 6.07) is 14.3. The first-order chi connectivity index (χ1) is 10.3. The number of hydrogen-bond donors (Lipinski definition) is 1. The average Bonchev–Trinajstić information content (AvgIpc) is 2.97. The molecule has 4 nitrogen and oxygen atoms in total. The molecule has 0 radical (unpaired) electrons. The third-order valence-electron chi connectivity index (χ3n) is 3.43. The number of nitrogens with two attached hydrogens (primary N) is 1. The van der Waals surface area contributed by atoms with E-state index in [-0.39, 0.29) is 0 Å². The van der Waals surface area contributed by atoms with Crippen LogP contribution in [0.3, 0.4) is 0 Å². The molecule has 0 unspecified atom stereocenters. The van der Waals surface area contributed by atoms with Crippen LogP contribution in [0.4, 0.5) is 0 Å². The van der Waals surface area contributed by atoms with E-state index in [9.17, 15) is 0 Å². The summed E-state index contributed by atoms with van der Waals surface area (Å²) in [7, 11) is 0. The van der Waals surface area contributed by atoms with E-state index in [0.717, 1.165) is 29.0 Å². The van der Waals surface area contributed by atoms with E-state index in [2.05, 4.69) is 24.3 Å². The van der Waals surface area contributed by atoms with Crippen molar-refractivity contribution in [1.29, 1.82) is 0 Å². The molecule has 0 aliphatic carbocycles. The molecular formula is C17H19NO3. The summed E-state index contributed by atoms with van der Waals surface area (Å²) in [4.78, 5) is 0. The highest BCUT2D eigenvalue weighted by atomic mass is 16.7. The van der Waals surface area contributed by atoms with E-state index in [1.54, 1.807) is 0 Å². The predicted molar refractivity (Wildman–Crippen MR) is 80.3 cm³/mol. The Labute approximate surface area is 124 Å². The van der Waals surface area contributed by atoms with Gasteiger partial charge in [0, 0.05) is 0 Å². The van der Waals surface area contributed by atoms with Crippen molar-refractivity contribution >= 4 is 0 Å². The van der Waals surface area contributed by atoms with Crippen LogP contribution in [0.15, 0.2) is 42.5 Å².